The molecule has 0 heterocycles. The Bertz CT molecular complexity index is 865. The molecule has 0 amide bonds. The smallest absolute Gasteiger partial charge is 0.171 e. The van der Waals surface area contributed by atoms with E-state index in [9.17, 15) is 0 Å². The van der Waals surface area contributed by atoms with Gasteiger partial charge in [-0.2, -0.15) is 0 Å². The number of thiocarbonyl (C=S) groups is 1. The molecule has 3 aromatic rings. The average Bonchev–Trinajstić information content (AvgIpc) is 2.60. The van der Waals surface area contributed by atoms with Gasteiger partial charge in [0, 0.05) is 10.2 Å². The summed E-state index contributed by atoms with van der Waals surface area (Å²) >= 11 is 9.03. The second kappa shape index (κ2) is 8.28. The molecule has 0 aromatic heterocycles. The molecule has 0 saturated heterocycles. The van der Waals surface area contributed by atoms with Crippen molar-refractivity contribution >= 4 is 38.9 Å². The summed E-state index contributed by atoms with van der Waals surface area (Å²) in [4.78, 5) is 0. The highest BCUT2D eigenvalue weighted by Gasteiger charge is 2.15. The third-order valence-corrected chi connectivity index (χ3v) is 4.58. The van der Waals surface area contributed by atoms with Crippen molar-refractivity contribution in [2.45, 2.75) is 13.0 Å². The molecule has 0 bridgehead atoms. The Balaban J connectivity index is 1.84. The van der Waals surface area contributed by atoms with Crippen LogP contribution in [-0.4, -0.2) is 5.11 Å². The molecule has 3 rings (SSSR count). The first-order chi connectivity index (χ1) is 12.1. The molecule has 126 valence electrons. The molecule has 0 saturated carbocycles. The second-order valence-electron chi connectivity index (χ2n) is 5.87. The van der Waals surface area contributed by atoms with Crippen LogP contribution in [0.3, 0.4) is 0 Å². The first-order valence-corrected chi connectivity index (χ1v) is 9.26. The first kappa shape index (κ1) is 17.6. The van der Waals surface area contributed by atoms with Crippen molar-refractivity contribution < 1.29 is 0 Å². The topological polar surface area (TPSA) is 24.1 Å². The van der Waals surface area contributed by atoms with E-state index in [0.717, 1.165) is 10.2 Å². The predicted molar refractivity (Wildman–Crippen MR) is 113 cm³/mol. The Morgan fingerprint density at radius 2 is 1.60 bits per heavy atom. The molecule has 0 aliphatic heterocycles. The maximum absolute atomic E-state index is 5.55. The maximum Gasteiger partial charge on any atom is 0.171 e. The molecular weight excluding hydrogens is 392 g/mol. The van der Waals surface area contributed by atoms with Crippen molar-refractivity contribution in [1.29, 1.82) is 0 Å². The van der Waals surface area contributed by atoms with Crippen LogP contribution in [0.4, 0.5) is 5.69 Å². The summed E-state index contributed by atoms with van der Waals surface area (Å²) in [5.41, 5.74) is 4.53. The van der Waals surface area contributed by atoms with Gasteiger partial charge in [0.25, 0.3) is 0 Å². The monoisotopic (exact) mass is 410 g/mol. The van der Waals surface area contributed by atoms with Gasteiger partial charge in [-0.25, -0.2) is 0 Å². The zero-order valence-corrected chi connectivity index (χ0v) is 16.3. The number of hydrogen-bond acceptors (Lipinski definition) is 1. The zero-order chi connectivity index (χ0) is 17.6. The van der Waals surface area contributed by atoms with Gasteiger partial charge in [0.15, 0.2) is 5.11 Å². The fourth-order valence-corrected chi connectivity index (χ4v) is 3.35. The number of nitrogens with one attached hydrogen (secondary N) is 2. The fourth-order valence-electron chi connectivity index (χ4n) is 2.72. The van der Waals surface area contributed by atoms with Crippen molar-refractivity contribution in [2.75, 3.05) is 5.32 Å². The van der Waals surface area contributed by atoms with Gasteiger partial charge in [-0.1, -0.05) is 82.2 Å². The normalized spacial score (nSPS) is 11.6. The van der Waals surface area contributed by atoms with Gasteiger partial charge in [-0.3, -0.25) is 0 Å². The Morgan fingerprint density at radius 1 is 0.880 bits per heavy atom. The lowest BCUT2D eigenvalue weighted by molar-refractivity contribution is 0.768. The first-order valence-electron chi connectivity index (χ1n) is 8.06. The lowest BCUT2D eigenvalue weighted by Gasteiger charge is -2.22. The summed E-state index contributed by atoms with van der Waals surface area (Å²) in [6.07, 6.45) is 0. The number of benzene rings is 3. The minimum absolute atomic E-state index is 0.00625. The third-order valence-electron chi connectivity index (χ3n) is 3.87. The van der Waals surface area contributed by atoms with Crippen molar-refractivity contribution in [2.24, 2.45) is 0 Å². The van der Waals surface area contributed by atoms with Crippen molar-refractivity contribution in [1.82, 2.24) is 5.32 Å². The van der Waals surface area contributed by atoms with Gasteiger partial charge < -0.3 is 10.6 Å². The summed E-state index contributed by atoms with van der Waals surface area (Å²) in [5, 5.41) is 7.30. The minimum Gasteiger partial charge on any atom is -0.352 e. The second-order valence-corrected chi connectivity index (χ2v) is 7.19. The number of anilines is 1. The van der Waals surface area contributed by atoms with E-state index in [1.165, 1.54) is 16.7 Å². The van der Waals surface area contributed by atoms with E-state index in [1.807, 2.05) is 42.5 Å². The van der Waals surface area contributed by atoms with Crippen LogP contribution in [0, 0.1) is 6.92 Å². The van der Waals surface area contributed by atoms with E-state index in [4.69, 9.17) is 12.2 Å². The van der Waals surface area contributed by atoms with Gasteiger partial charge in [-0.15, -0.1) is 0 Å². The highest BCUT2D eigenvalue weighted by Crippen LogP contribution is 2.23. The molecule has 2 N–H and O–H groups in total. The Kier molecular flexibility index (Phi) is 5.84. The molecule has 1 atom stereocenters. The SMILES string of the molecule is Cc1cccc([C@@H](NC(=S)Nc2cccc(Br)c2)c2ccccc2)c1. The van der Waals surface area contributed by atoms with Gasteiger partial charge in [0.2, 0.25) is 0 Å². The van der Waals surface area contributed by atoms with Crippen LogP contribution in [0.2, 0.25) is 0 Å². The molecule has 0 aliphatic carbocycles. The molecule has 0 spiro atoms. The van der Waals surface area contributed by atoms with E-state index < -0.39 is 0 Å². The third kappa shape index (κ3) is 4.91. The van der Waals surface area contributed by atoms with Crippen LogP contribution in [0.25, 0.3) is 0 Å². The lowest BCUT2D eigenvalue weighted by atomic mass is 9.97. The van der Waals surface area contributed by atoms with Crippen molar-refractivity contribution in [3.63, 3.8) is 0 Å². The van der Waals surface area contributed by atoms with E-state index in [1.54, 1.807) is 0 Å². The van der Waals surface area contributed by atoms with Crippen molar-refractivity contribution in [3.8, 4) is 0 Å². The molecule has 3 aromatic carbocycles. The Morgan fingerprint density at radius 3 is 2.32 bits per heavy atom. The molecule has 25 heavy (non-hydrogen) atoms. The van der Waals surface area contributed by atoms with Crippen LogP contribution in [0.1, 0.15) is 22.7 Å². The van der Waals surface area contributed by atoms with Gasteiger partial charge >= 0.3 is 0 Å². The van der Waals surface area contributed by atoms with E-state index in [-0.39, 0.29) is 6.04 Å². The summed E-state index contributed by atoms with van der Waals surface area (Å²) in [6.45, 7) is 2.10. The average molecular weight is 411 g/mol. The quantitative estimate of drug-likeness (QED) is 0.528. The largest absolute Gasteiger partial charge is 0.352 e. The standard InChI is InChI=1S/C21H19BrN2S/c1-15-7-5-10-17(13-15)20(16-8-3-2-4-9-16)24-21(25)23-19-12-6-11-18(22)14-19/h2-14,20H,1H3,(H2,23,24,25)/t20-/m0/s1. The van der Waals surface area contributed by atoms with Gasteiger partial charge in [0.05, 0.1) is 6.04 Å². The number of aryl methyl sites for hydroxylation is 1. The number of halogens is 1. The summed E-state index contributed by atoms with van der Waals surface area (Å²) in [7, 11) is 0. The molecule has 0 unspecified atom stereocenters. The highest BCUT2D eigenvalue weighted by atomic mass is 79.9. The van der Waals surface area contributed by atoms with Gasteiger partial charge in [-0.05, 0) is 48.5 Å². The predicted octanol–water partition coefficient (Wildman–Crippen LogP) is 5.83. The van der Waals surface area contributed by atoms with Crippen LogP contribution >= 0.6 is 28.1 Å². The Hall–Kier alpha value is -2.17. The number of rotatable bonds is 4. The molecule has 0 radical (unpaired) electrons. The number of hydrogen-bond donors (Lipinski definition) is 2. The highest BCUT2D eigenvalue weighted by molar-refractivity contribution is 9.10. The van der Waals surface area contributed by atoms with Crippen LogP contribution in [0.5, 0.6) is 0 Å². The summed E-state index contributed by atoms with van der Waals surface area (Å²) < 4.78 is 1.01. The molecule has 0 fully saturated rings. The van der Waals surface area contributed by atoms with Crippen LogP contribution < -0.4 is 10.6 Å². The maximum atomic E-state index is 5.55. The molecule has 0 aliphatic rings. The van der Waals surface area contributed by atoms with Crippen molar-refractivity contribution in [3.05, 3.63) is 100 Å². The molecule has 2 nitrogen and oxygen atoms in total. The minimum atomic E-state index is -0.00625. The zero-order valence-electron chi connectivity index (χ0n) is 13.9. The molecule has 4 heteroatoms. The Labute approximate surface area is 162 Å². The lowest BCUT2D eigenvalue weighted by Crippen LogP contribution is -2.33. The van der Waals surface area contributed by atoms with E-state index >= 15 is 0 Å². The van der Waals surface area contributed by atoms with E-state index in [2.05, 4.69) is 69.9 Å². The summed E-state index contributed by atoms with van der Waals surface area (Å²) in [6, 6.07) is 26.8. The summed E-state index contributed by atoms with van der Waals surface area (Å²) in [5.74, 6) is 0. The van der Waals surface area contributed by atoms with Gasteiger partial charge in [0.1, 0.15) is 0 Å². The van der Waals surface area contributed by atoms with Crippen LogP contribution in [0.15, 0.2) is 83.3 Å². The molecular formula is C21H19BrN2S. The van der Waals surface area contributed by atoms with E-state index in [0.29, 0.717) is 5.11 Å². The van der Waals surface area contributed by atoms with Crippen LogP contribution in [-0.2, 0) is 0 Å². The fraction of sp³-hybridized carbons (Fsp3) is 0.0952.